The van der Waals surface area contributed by atoms with Crippen LogP contribution in [0.4, 0.5) is 4.79 Å². The normalized spacial score (nSPS) is 9.62. The molecule has 3 N–H and O–H groups in total. The molecule has 0 fully saturated rings. The molecule has 0 aliphatic heterocycles. The van der Waals surface area contributed by atoms with Crippen LogP contribution in [0, 0.1) is 6.92 Å². The van der Waals surface area contributed by atoms with Crippen molar-refractivity contribution in [3.63, 3.8) is 0 Å². The summed E-state index contributed by atoms with van der Waals surface area (Å²) in [5, 5.41) is 1.91. The minimum absolute atomic E-state index is 0.250. The molecule has 1 aromatic rings. The van der Waals surface area contributed by atoms with E-state index in [1.54, 1.807) is 6.07 Å². The molecule has 0 heterocycles. The molecule has 0 radical (unpaired) electrons. The van der Waals surface area contributed by atoms with E-state index in [1.807, 2.05) is 24.4 Å². The van der Waals surface area contributed by atoms with Crippen molar-refractivity contribution in [3.8, 4) is 5.75 Å². The fraction of sp³-hybridized carbons (Fsp3) is 0.200. The molecule has 0 saturated heterocycles. The second-order valence-corrected chi connectivity index (χ2v) is 4.03. The molecule has 0 spiro atoms. The third kappa shape index (κ3) is 3.90. The highest BCUT2D eigenvalue weighted by molar-refractivity contribution is 9.10. The maximum absolute atomic E-state index is 11.1. The Morgan fingerprint density at radius 1 is 1.50 bits per heavy atom. The summed E-state index contributed by atoms with van der Waals surface area (Å²) in [6.07, 6.45) is 0. The van der Waals surface area contributed by atoms with Crippen molar-refractivity contribution in [1.29, 1.82) is 0 Å². The second kappa shape index (κ2) is 5.50. The lowest BCUT2D eigenvalue weighted by Crippen LogP contribution is -2.38. The Bertz CT molecular complexity index is 421. The third-order valence-electron chi connectivity index (χ3n) is 1.77. The molecule has 0 atom stereocenters. The molecule has 0 bridgehead atoms. The zero-order valence-corrected chi connectivity index (χ0v) is 10.2. The summed E-state index contributed by atoms with van der Waals surface area (Å²) in [6, 6.07) is 4.57. The van der Waals surface area contributed by atoms with Gasteiger partial charge in [-0.3, -0.25) is 10.1 Å². The predicted molar refractivity (Wildman–Crippen MR) is 62.1 cm³/mol. The molecule has 0 aliphatic rings. The van der Waals surface area contributed by atoms with Crippen molar-refractivity contribution in [1.82, 2.24) is 5.32 Å². The number of hydrogen-bond donors (Lipinski definition) is 2. The van der Waals surface area contributed by atoms with E-state index in [2.05, 4.69) is 15.9 Å². The predicted octanol–water partition coefficient (Wildman–Crippen LogP) is 1.33. The van der Waals surface area contributed by atoms with Crippen molar-refractivity contribution in [2.45, 2.75) is 6.92 Å². The zero-order chi connectivity index (χ0) is 12.1. The van der Waals surface area contributed by atoms with Gasteiger partial charge in [-0.05, 0) is 24.6 Å². The number of rotatable bonds is 3. The summed E-state index contributed by atoms with van der Waals surface area (Å²) < 4.78 is 6.08. The largest absolute Gasteiger partial charge is 0.483 e. The number of ether oxygens (including phenoxy) is 1. The first kappa shape index (κ1) is 12.5. The summed E-state index contributed by atoms with van der Waals surface area (Å²) in [6.45, 7) is 1.61. The second-order valence-electron chi connectivity index (χ2n) is 3.11. The van der Waals surface area contributed by atoms with Gasteiger partial charge in [0.05, 0.1) is 0 Å². The monoisotopic (exact) mass is 286 g/mol. The molecular formula is C10H11BrN2O3. The maximum atomic E-state index is 11.1. The topological polar surface area (TPSA) is 81.4 Å². The molecule has 1 aromatic carbocycles. The summed E-state index contributed by atoms with van der Waals surface area (Å²) in [7, 11) is 0. The number of nitrogens with two attached hydrogens (primary N) is 1. The molecule has 0 saturated carbocycles. The van der Waals surface area contributed by atoms with Gasteiger partial charge in [0.1, 0.15) is 5.75 Å². The SMILES string of the molecule is Cc1ccc(Br)cc1OCC(=O)NC(N)=O. The summed E-state index contributed by atoms with van der Waals surface area (Å²) >= 11 is 3.29. The van der Waals surface area contributed by atoms with Gasteiger partial charge in [0.25, 0.3) is 5.91 Å². The molecule has 16 heavy (non-hydrogen) atoms. The number of amides is 3. The van der Waals surface area contributed by atoms with Gasteiger partial charge >= 0.3 is 6.03 Å². The zero-order valence-electron chi connectivity index (χ0n) is 8.62. The molecule has 0 unspecified atom stereocenters. The molecule has 5 nitrogen and oxygen atoms in total. The molecule has 0 aliphatic carbocycles. The van der Waals surface area contributed by atoms with Crippen molar-refractivity contribution in [2.24, 2.45) is 5.73 Å². The van der Waals surface area contributed by atoms with Crippen LogP contribution >= 0.6 is 15.9 Å². The van der Waals surface area contributed by atoms with Crippen molar-refractivity contribution >= 4 is 27.9 Å². The molecule has 3 amide bonds. The van der Waals surface area contributed by atoms with E-state index in [1.165, 1.54) is 0 Å². The fourth-order valence-electron chi connectivity index (χ4n) is 1.05. The van der Waals surface area contributed by atoms with E-state index in [9.17, 15) is 9.59 Å². The first-order valence-electron chi connectivity index (χ1n) is 4.47. The highest BCUT2D eigenvalue weighted by Crippen LogP contribution is 2.22. The van der Waals surface area contributed by atoms with Gasteiger partial charge in [0.15, 0.2) is 6.61 Å². The van der Waals surface area contributed by atoms with Crippen LogP contribution < -0.4 is 15.8 Å². The molecule has 0 aromatic heterocycles. The number of aryl methyl sites for hydroxylation is 1. The number of halogens is 1. The maximum Gasteiger partial charge on any atom is 0.318 e. The van der Waals surface area contributed by atoms with E-state index in [-0.39, 0.29) is 6.61 Å². The minimum Gasteiger partial charge on any atom is -0.483 e. The number of nitrogens with one attached hydrogen (secondary N) is 1. The Morgan fingerprint density at radius 3 is 2.81 bits per heavy atom. The average Bonchev–Trinajstić information content (AvgIpc) is 2.18. The van der Waals surface area contributed by atoms with Gasteiger partial charge in [-0.15, -0.1) is 0 Å². The van der Waals surface area contributed by atoms with Crippen LogP contribution in [0.5, 0.6) is 5.75 Å². The Labute approximate surface area is 101 Å². The highest BCUT2D eigenvalue weighted by Gasteiger charge is 2.06. The number of carbonyl (C=O) groups is 2. The number of imide groups is 1. The lowest BCUT2D eigenvalue weighted by molar-refractivity contribution is -0.121. The van der Waals surface area contributed by atoms with Gasteiger partial charge < -0.3 is 10.5 Å². The first-order chi connectivity index (χ1) is 7.49. The van der Waals surface area contributed by atoms with E-state index < -0.39 is 11.9 Å². The quantitative estimate of drug-likeness (QED) is 0.880. The number of hydrogen-bond acceptors (Lipinski definition) is 3. The van der Waals surface area contributed by atoms with Gasteiger partial charge in [-0.1, -0.05) is 22.0 Å². The summed E-state index contributed by atoms with van der Waals surface area (Å²) in [5.41, 5.74) is 5.68. The minimum atomic E-state index is -0.889. The third-order valence-corrected chi connectivity index (χ3v) is 2.26. The first-order valence-corrected chi connectivity index (χ1v) is 5.26. The Kier molecular flexibility index (Phi) is 4.30. The molecule has 86 valence electrons. The Hall–Kier alpha value is -1.56. The molecule has 6 heteroatoms. The fourth-order valence-corrected chi connectivity index (χ4v) is 1.39. The Morgan fingerprint density at radius 2 is 2.19 bits per heavy atom. The van der Waals surface area contributed by atoms with Crippen molar-refractivity contribution < 1.29 is 14.3 Å². The lowest BCUT2D eigenvalue weighted by Gasteiger charge is -2.08. The standard InChI is InChI=1S/C10H11BrN2O3/c1-6-2-3-7(11)4-8(6)16-5-9(14)13-10(12)15/h2-4H,5H2,1H3,(H3,12,13,14,15). The smallest absolute Gasteiger partial charge is 0.318 e. The number of primary amides is 1. The van der Waals surface area contributed by atoms with E-state index in [4.69, 9.17) is 10.5 Å². The number of urea groups is 1. The Balaban J connectivity index is 2.57. The van der Waals surface area contributed by atoms with Crippen LogP contribution in [0.2, 0.25) is 0 Å². The summed E-state index contributed by atoms with van der Waals surface area (Å²) in [5.74, 6) is 0.000806. The van der Waals surface area contributed by atoms with Gasteiger partial charge in [-0.2, -0.15) is 0 Å². The van der Waals surface area contributed by atoms with Crippen molar-refractivity contribution in [2.75, 3.05) is 6.61 Å². The van der Waals surface area contributed by atoms with Crippen LogP contribution in [0.3, 0.4) is 0 Å². The van der Waals surface area contributed by atoms with Gasteiger partial charge in [0.2, 0.25) is 0 Å². The van der Waals surface area contributed by atoms with Crippen LogP contribution in [-0.2, 0) is 4.79 Å². The highest BCUT2D eigenvalue weighted by atomic mass is 79.9. The van der Waals surface area contributed by atoms with Crippen LogP contribution in [0.15, 0.2) is 22.7 Å². The van der Waals surface area contributed by atoms with E-state index in [0.29, 0.717) is 5.75 Å². The summed E-state index contributed by atoms with van der Waals surface area (Å²) in [4.78, 5) is 21.4. The van der Waals surface area contributed by atoms with Crippen LogP contribution in [-0.4, -0.2) is 18.5 Å². The van der Waals surface area contributed by atoms with E-state index >= 15 is 0 Å². The van der Waals surface area contributed by atoms with Crippen LogP contribution in [0.25, 0.3) is 0 Å². The average molecular weight is 287 g/mol. The van der Waals surface area contributed by atoms with E-state index in [0.717, 1.165) is 10.0 Å². The number of benzene rings is 1. The van der Waals surface area contributed by atoms with Crippen LogP contribution in [0.1, 0.15) is 5.56 Å². The van der Waals surface area contributed by atoms with Gasteiger partial charge in [-0.25, -0.2) is 4.79 Å². The molecule has 1 rings (SSSR count). The molecular weight excluding hydrogens is 276 g/mol. The number of carbonyl (C=O) groups excluding carboxylic acids is 2. The lowest BCUT2D eigenvalue weighted by atomic mass is 10.2. The van der Waals surface area contributed by atoms with Crippen molar-refractivity contribution in [3.05, 3.63) is 28.2 Å². The van der Waals surface area contributed by atoms with Gasteiger partial charge in [0, 0.05) is 4.47 Å².